The van der Waals surface area contributed by atoms with Crippen molar-refractivity contribution in [1.29, 1.82) is 0 Å². The molecule has 0 radical (unpaired) electrons. The zero-order chi connectivity index (χ0) is 27.8. The van der Waals surface area contributed by atoms with Crippen LogP contribution in [0.1, 0.15) is 142 Å². The first-order valence-electron chi connectivity index (χ1n) is 15.0. The van der Waals surface area contributed by atoms with Gasteiger partial charge in [0.1, 0.15) is 6.10 Å². The predicted octanol–water partition coefficient (Wildman–Crippen LogP) is 6.48. The number of carbonyl (C=O) groups excluding carboxylic acids is 1. The van der Waals surface area contributed by atoms with Crippen molar-refractivity contribution in [1.82, 2.24) is 5.32 Å². The van der Waals surface area contributed by atoms with Crippen molar-refractivity contribution in [2.75, 3.05) is 5.75 Å². The second-order valence-electron chi connectivity index (χ2n) is 10.5. The lowest BCUT2D eigenvalue weighted by Gasteiger charge is -2.22. The smallest absolute Gasteiger partial charge is 0.267 e. The van der Waals surface area contributed by atoms with Crippen molar-refractivity contribution in [2.45, 2.75) is 161 Å². The highest BCUT2D eigenvalue weighted by Crippen LogP contribution is 2.13. The first-order valence-corrected chi connectivity index (χ1v) is 16.6. The molecule has 0 aromatic carbocycles. The molecule has 220 valence electrons. The molecule has 0 aromatic rings. The van der Waals surface area contributed by atoms with Crippen LogP contribution in [0.25, 0.3) is 0 Å². The van der Waals surface area contributed by atoms with Gasteiger partial charge in [-0.15, -0.1) is 0 Å². The maximum Gasteiger partial charge on any atom is 0.267 e. The van der Waals surface area contributed by atoms with Gasteiger partial charge in [-0.1, -0.05) is 135 Å². The number of unbranched alkanes of at least 4 members (excludes halogenated alkanes) is 17. The van der Waals surface area contributed by atoms with E-state index in [1.165, 1.54) is 83.1 Å². The van der Waals surface area contributed by atoms with E-state index in [9.17, 15) is 28.0 Å². The second kappa shape index (κ2) is 24.1. The van der Waals surface area contributed by atoms with Gasteiger partial charge in [-0.3, -0.25) is 9.35 Å². The number of aliphatic hydroxyl groups is 2. The van der Waals surface area contributed by atoms with E-state index in [-0.39, 0.29) is 6.42 Å². The summed E-state index contributed by atoms with van der Waals surface area (Å²) in [5, 5.41) is 23.0. The highest BCUT2D eigenvalue weighted by atomic mass is 32.2. The molecule has 0 spiro atoms. The fraction of sp³-hybridized carbons (Fsp3) is 0.897. The first kappa shape index (κ1) is 36.0. The Morgan fingerprint density at radius 1 is 0.730 bits per heavy atom. The van der Waals surface area contributed by atoms with Crippen LogP contribution in [0.3, 0.4) is 0 Å². The number of hydrogen-bond donors (Lipinski definition) is 4. The molecule has 0 rings (SSSR count). The van der Waals surface area contributed by atoms with Crippen molar-refractivity contribution in [3.05, 3.63) is 12.2 Å². The van der Waals surface area contributed by atoms with Gasteiger partial charge in [-0.25, -0.2) is 0 Å². The third-order valence-electron chi connectivity index (χ3n) is 6.82. The molecule has 3 unspecified atom stereocenters. The molecule has 0 saturated heterocycles. The molecule has 8 heteroatoms. The molecular formula is C29H57NO6S. The SMILES string of the molecule is CCCCCCCC/C=C/C(O)C(CS(=O)(=O)O)NC(=O)C(O)CCCCCCCCCCCCCC. The Labute approximate surface area is 227 Å². The van der Waals surface area contributed by atoms with Crippen molar-refractivity contribution in [3.8, 4) is 0 Å². The van der Waals surface area contributed by atoms with Gasteiger partial charge in [0.05, 0.1) is 17.9 Å². The van der Waals surface area contributed by atoms with Gasteiger partial charge in [0, 0.05) is 0 Å². The number of nitrogens with one attached hydrogen (secondary N) is 1. The molecule has 3 atom stereocenters. The Morgan fingerprint density at radius 3 is 1.62 bits per heavy atom. The van der Waals surface area contributed by atoms with Crippen LogP contribution in [0.15, 0.2) is 12.2 Å². The standard InChI is InChI=1S/C29H57NO6S/c1-3-5-7-9-11-13-14-15-16-18-20-22-24-28(32)29(33)30-26(25-37(34,35)36)27(31)23-21-19-17-12-10-8-6-4-2/h21,23,26-28,31-32H,3-20,22,24-25H2,1-2H3,(H,30,33)(H,34,35,36)/b23-21+. The Morgan fingerprint density at radius 2 is 1.16 bits per heavy atom. The van der Waals surface area contributed by atoms with Crippen LogP contribution in [0.5, 0.6) is 0 Å². The molecule has 0 bridgehead atoms. The lowest BCUT2D eigenvalue weighted by Crippen LogP contribution is -2.50. The largest absolute Gasteiger partial charge is 0.387 e. The van der Waals surface area contributed by atoms with Gasteiger partial charge in [-0.2, -0.15) is 8.42 Å². The van der Waals surface area contributed by atoms with Crippen molar-refractivity contribution < 1.29 is 28.0 Å². The third kappa shape index (κ3) is 23.9. The van der Waals surface area contributed by atoms with E-state index in [4.69, 9.17) is 0 Å². The van der Waals surface area contributed by atoms with Crippen LogP contribution in [-0.2, 0) is 14.9 Å². The number of aliphatic hydroxyl groups excluding tert-OH is 2. The van der Waals surface area contributed by atoms with Crippen LogP contribution in [-0.4, -0.2) is 53.1 Å². The molecule has 1 amide bonds. The summed E-state index contributed by atoms with van der Waals surface area (Å²) in [6.45, 7) is 4.40. The predicted molar refractivity (Wildman–Crippen MR) is 153 cm³/mol. The average molecular weight is 548 g/mol. The minimum atomic E-state index is -4.42. The number of rotatable bonds is 26. The summed E-state index contributed by atoms with van der Waals surface area (Å²) in [4.78, 5) is 12.4. The molecular weight excluding hydrogens is 490 g/mol. The highest BCUT2D eigenvalue weighted by Gasteiger charge is 2.27. The molecule has 4 N–H and O–H groups in total. The molecule has 0 aliphatic rings. The monoisotopic (exact) mass is 547 g/mol. The molecule has 7 nitrogen and oxygen atoms in total. The van der Waals surface area contributed by atoms with Crippen molar-refractivity contribution in [3.63, 3.8) is 0 Å². The minimum absolute atomic E-state index is 0.284. The van der Waals surface area contributed by atoms with Crippen molar-refractivity contribution in [2.24, 2.45) is 0 Å². The van der Waals surface area contributed by atoms with Gasteiger partial charge in [0.15, 0.2) is 0 Å². The number of carbonyl (C=O) groups is 1. The van der Waals surface area contributed by atoms with E-state index in [1.807, 2.05) is 0 Å². The summed E-state index contributed by atoms with van der Waals surface area (Å²) in [7, 11) is -4.42. The van der Waals surface area contributed by atoms with E-state index in [2.05, 4.69) is 19.2 Å². The third-order valence-corrected chi connectivity index (χ3v) is 7.60. The Balaban J connectivity index is 4.22. The van der Waals surface area contributed by atoms with Crippen molar-refractivity contribution >= 4 is 16.0 Å². The quantitative estimate of drug-likeness (QED) is 0.0558. The lowest BCUT2D eigenvalue weighted by atomic mass is 10.0. The molecule has 0 heterocycles. The Bertz CT molecular complexity index is 667. The summed E-state index contributed by atoms with van der Waals surface area (Å²) in [5.41, 5.74) is 0. The molecule has 0 aromatic heterocycles. The van der Waals surface area contributed by atoms with Crippen LogP contribution in [0.2, 0.25) is 0 Å². The summed E-state index contributed by atoms with van der Waals surface area (Å²) in [5.74, 6) is -1.54. The Hall–Kier alpha value is -0.960. The molecule has 37 heavy (non-hydrogen) atoms. The zero-order valence-corrected chi connectivity index (χ0v) is 24.5. The normalized spacial score (nSPS) is 14.6. The van der Waals surface area contributed by atoms with E-state index in [0.29, 0.717) is 6.42 Å². The number of amides is 1. The number of allylic oxidation sites excluding steroid dienone is 1. The minimum Gasteiger partial charge on any atom is -0.387 e. The molecule has 0 aliphatic carbocycles. The maximum absolute atomic E-state index is 12.4. The van der Waals surface area contributed by atoms with Crippen LogP contribution >= 0.6 is 0 Å². The topological polar surface area (TPSA) is 124 Å². The summed E-state index contributed by atoms with van der Waals surface area (Å²) in [6, 6.07) is -1.22. The fourth-order valence-corrected chi connectivity index (χ4v) is 5.19. The van der Waals surface area contributed by atoms with Gasteiger partial charge in [0.2, 0.25) is 5.91 Å². The van der Waals surface area contributed by atoms with Gasteiger partial charge in [-0.05, 0) is 19.3 Å². The van der Waals surface area contributed by atoms with Gasteiger partial charge < -0.3 is 15.5 Å². The number of hydrogen-bond acceptors (Lipinski definition) is 5. The van der Waals surface area contributed by atoms with E-state index >= 15 is 0 Å². The van der Waals surface area contributed by atoms with E-state index in [1.54, 1.807) is 6.08 Å². The highest BCUT2D eigenvalue weighted by molar-refractivity contribution is 7.85. The van der Waals surface area contributed by atoms with Gasteiger partial charge in [0.25, 0.3) is 10.1 Å². The van der Waals surface area contributed by atoms with Crippen LogP contribution in [0.4, 0.5) is 0 Å². The summed E-state index contributed by atoms with van der Waals surface area (Å²) < 4.78 is 32.1. The molecule has 0 saturated carbocycles. The van der Waals surface area contributed by atoms with Gasteiger partial charge >= 0.3 is 0 Å². The molecule has 0 aliphatic heterocycles. The molecule has 0 fully saturated rings. The lowest BCUT2D eigenvalue weighted by molar-refractivity contribution is -0.130. The average Bonchev–Trinajstić information content (AvgIpc) is 2.84. The second-order valence-corrected chi connectivity index (χ2v) is 12.0. The van der Waals surface area contributed by atoms with Crippen LogP contribution in [0, 0.1) is 0 Å². The summed E-state index contributed by atoms with van der Waals surface area (Å²) in [6.07, 6.45) is 22.9. The fourth-order valence-electron chi connectivity index (χ4n) is 4.45. The zero-order valence-electron chi connectivity index (χ0n) is 23.7. The van der Waals surface area contributed by atoms with Crippen LogP contribution < -0.4 is 5.32 Å². The summed E-state index contributed by atoms with van der Waals surface area (Å²) >= 11 is 0. The Kier molecular flexibility index (Phi) is 23.5. The first-order chi connectivity index (χ1) is 17.7. The van der Waals surface area contributed by atoms with E-state index in [0.717, 1.165) is 38.5 Å². The van der Waals surface area contributed by atoms with E-state index < -0.39 is 40.0 Å². The maximum atomic E-state index is 12.4.